The number of hydrogen-bond donors (Lipinski definition) is 1. The summed E-state index contributed by atoms with van der Waals surface area (Å²) in [6.07, 6.45) is 1.40. The van der Waals surface area contributed by atoms with Crippen LogP contribution in [0.4, 0.5) is 11.4 Å². The number of hydrogen-bond acceptors (Lipinski definition) is 7. The molecule has 2 aromatic rings. The number of nitrogens with zero attached hydrogens (tertiary/aromatic N) is 1. The minimum Gasteiger partial charge on any atom is -0.462 e. The van der Waals surface area contributed by atoms with Crippen molar-refractivity contribution >= 4 is 64.2 Å². The van der Waals surface area contributed by atoms with E-state index in [2.05, 4.69) is 5.32 Å². The quantitative estimate of drug-likeness (QED) is 0.288. The third kappa shape index (κ3) is 5.01. The summed E-state index contributed by atoms with van der Waals surface area (Å²) in [5, 5.41) is 1.91. The number of fused-ring (bicyclic) bond motifs is 5. The first-order valence-corrected chi connectivity index (χ1v) is 13.6. The highest BCUT2D eigenvalue weighted by atomic mass is 35.5. The molecular weight excluding hydrogens is 547 g/mol. The van der Waals surface area contributed by atoms with E-state index in [1.54, 1.807) is 12.1 Å². The van der Waals surface area contributed by atoms with Gasteiger partial charge < -0.3 is 14.8 Å². The maximum Gasteiger partial charge on any atom is 0.338 e. The van der Waals surface area contributed by atoms with Crippen LogP contribution in [-0.2, 0) is 23.9 Å². The molecule has 1 aliphatic heterocycles. The monoisotopic (exact) mass is 572 g/mol. The minimum absolute atomic E-state index is 0.119. The lowest BCUT2D eigenvalue weighted by atomic mass is 9.80. The molecule has 3 fully saturated rings. The molecular formula is C28H26Cl2N2O7. The van der Waals surface area contributed by atoms with Gasteiger partial charge in [-0.2, -0.15) is 0 Å². The van der Waals surface area contributed by atoms with E-state index in [1.807, 2.05) is 6.92 Å². The number of ether oxygens (including phenoxy) is 2. The van der Waals surface area contributed by atoms with Crippen molar-refractivity contribution < 1.29 is 33.4 Å². The van der Waals surface area contributed by atoms with Gasteiger partial charge in [0, 0.05) is 5.69 Å². The van der Waals surface area contributed by atoms with Gasteiger partial charge >= 0.3 is 11.9 Å². The van der Waals surface area contributed by atoms with Gasteiger partial charge in [-0.25, -0.2) is 9.59 Å². The van der Waals surface area contributed by atoms with E-state index in [0.717, 1.165) is 4.90 Å². The summed E-state index contributed by atoms with van der Waals surface area (Å²) in [7, 11) is 0. The summed E-state index contributed by atoms with van der Waals surface area (Å²) in [4.78, 5) is 64.0. The molecule has 0 spiro atoms. The Hall–Kier alpha value is -3.43. The number of amides is 3. The molecule has 3 aliphatic rings. The van der Waals surface area contributed by atoms with E-state index in [0.29, 0.717) is 36.4 Å². The van der Waals surface area contributed by atoms with E-state index >= 15 is 0 Å². The summed E-state index contributed by atoms with van der Waals surface area (Å²) >= 11 is 12.8. The van der Waals surface area contributed by atoms with Crippen LogP contribution in [0, 0.1) is 23.7 Å². The summed E-state index contributed by atoms with van der Waals surface area (Å²) in [6.45, 7) is 1.69. The van der Waals surface area contributed by atoms with E-state index in [4.69, 9.17) is 32.7 Å². The molecule has 0 radical (unpaired) electrons. The van der Waals surface area contributed by atoms with Crippen molar-refractivity contribution in [3.8, 4) is 0 Å². The van der Waals surface area contributed by atoms with Crippen LogP contribution in [0.1, 0.15) is 40.5 Å². The standard InChI is InChI=1S/C28H26Cl2N2O7/c1-2-11-38-27(36)14-3-7-16(8-4-14)31-20(33)13-39-28(37)15-5-9-17(10-6-15)32-25(34)21-18-12-19(22(21)26(32)35)24(30)23(18)29/h3-10,18-19,21-24H,2,11-13H2,1H3,(H,31,33)/t18-,19-,21-,22+,23+,24+/m1/s1. The van der Waals surface area contributed by atoms with Crippen molar-refractivity contribution in [2.75, 3.05) is 23.4 Å². The Labute approximate surface area is 234 Å². The minimum atomic E-state index is -0.741. The van der Waals surface area contributed by atoms with Gasteiger partial charge in [-0.3, -0.25) is 19.3 Å². The molecule has 0 unspecified atom stereocenters. The zero-order chi connectivity index (χ0) is 27.8. The lowest BCUT2D eigenvalue weighted by Gasteiger charge is -2.28. The van der Waals surface area contributed by atoms with Crippen molar-refractivity contribution in [3.05, 3.63) is 59.7 Å². The Balaban J connectivity index is 1.15. The van der Waals surface area contributed by atoms with Crippen LogP contribution in [0.2, 0.25) is 0 Å². The molecule has 39 heavy (non-hydrogen) atoms. The number of carbonyl (C=O) groups is 5. The Bertz CT molecular complexity index is 1280. The molecule has 11 heteroatoms. The first kappa shape index (κ1) is 27.1. The first-order chi connectivity index (χ1) is 18.7. The third-order valence-corrected chi connectivity index (χ3v) is 8.84. The maximum absolute atomic E-state index is 13.1. The second kappa shape index (κ2) is 11.0. The fourth-order valence-corrected chi connectivity index (χ4v) is 6.62. The van der Waals surface area contributed by atoms with Crippen LogP contribution < -0.4 is 10.2 Å². The molecule has 1 heterocycles. The summed E-state index contributed by atoms with van der Waals surface area (Å²) in [5.41, 5.74) is 1.29. The lowest BCUT2D eigenvalue weighted by molar-refractivity contribution is -0.123. The summed E-state index contributed by atoms with van der Waals surface area (Å²) in [6, 6.07) is 12.0. The zero-order valence-corrected chi connectivity index (χ0v) is 22.5. The molecule has 1 N–H and O–H groups in total. The number of nitrogens with one attached hydrogen (secondary N) is 1. The average molecular weight is 573 g/mol. The largest absolute Gasteiger partial charge is 0.462 e. The number of benzene rings is 2. The Kier molecular flexibility index (Phi) is 7.64. The maximum atomic E-state index is 13.1. The van der Waals surface area contributed by atoms with Crippen molar-refractivity contribution in [2.24, 2.45) is 23.7 Å². The van der Waals surface area contributed by atoms with E-state index in [-0.39, 0.29) is 40.0 Å². The van der Waals surface area contributed by atoms with E-state index in [1.165, 1.54) is 36.4 Å². The molecule has 0 aromatic heterocycles. The SMILES string of the molecule is CCCOC(=O)c1ccc(NC(=O)COC(=O)c2ccc(N3C(=O)[C@@H]4[C@H]5C[C@@H]([C@H](Cl)[C@H]5Cl)[C@@H]4C3=O)cc2)cc1. The highest BCUT2D eigenvalue weighted by Gasteiger charge is 2.66. The van der Waals surface area contributed by atoms with E-state index < -0.39 is 36.3 Å². The third-order valence-electron chi connectivity index (χ3n) is 7.52. The fourth-order valence-electron chi connectivity index (χ4n) is 5.73. The van der Waals surface area contributed by atoms with Crippen molar-refractivity contribution in [3.63, 3.8) is 0 Å². The Morgan fingerprint density at radius 1 is 0.846 bits per heavy atom. The van der Waals surface area contributed by atoms with Gasteiger partial charge in [0.1, 0.15) is 0 Å². The Morgan fingerprint density at radius 2 is 1.36 bits per heavy atom. The second-order valence-corrected chi connectivity index (χ2v) is 10.9. The Morgan fingerprint density at radius 3 is 1.90 bits per heavy atom. The number of anilines is 2. The lowest BCUT2D eigenvalue weighted by Crippen LogP contribution is -2.37. The van der Waals surface area contributed by atoms with Crippen LogP contribution in [0.15, 0.2) is 48.5 Å². The van der Waals surface area contributed by atoms with Crippen LogP contribution in [0.5, 0.6) is 0 Å². The van der Waals surface area contributed by atoms with Crippen molar-refractivity contribution in [2.45, 2.75) is 30.5 Å². The van der Waals surface area contributed by atoms with E-state index in [9.17, 15) is 24.0 Å². The number of carbonyl (C=O) groups excluding carboxylic acids is 5. The van der Waals surface area contributed by atoms with Crippen molar-refractivity contribution in [1.82, 2.24) is 0 Å². The zero-order valence-electron chi connectivity index (χ0n) is 21.0. The normalized spacial score (nSPS) is 26.9. The van der Waals surface area contributed by atoms with Crippen molar-refractivity contribution in [1.29, 1.82) is 0 Å². The first-order valence-electron chi connectivity index (χ1n) is 12.7. The van der Waals surface area contributed by atoms with Crippen LogP contribution in [0.3, 0.4) is 0 Å². The number of alkyl halides is 2. The van der Waals surface area contributed by atoms with Crippen LogP contribution in [0.25, 0.3) is 0 Å². The summed E-state index contributed by atoms with van der Waals surface area (Å²) < 4.78 is 10.2. The van der Waals surface area contributed by atoms with Crippen LogP contribution in [-0.4, -0.2) is 53.6 Å². The number of imide groups is 1. The molecule has 2 aliphatic carbocycles. The predicted molar refractivity (Wildman–Crippen MR) is 143 cm³/mol. The highest BCUT2D eigenvalue weighted by Crippen LogP contribution is 2.59. The number of rotatable bonds is 8. The molecule has 6 atom stereocenters. The smallest absolute Gasteiger partial charge is 0.338 e. The average Bonchev–Trinajstić information content (AvgIpc) is 3.55. The van der Waals surface area contributed by atoms with Gasteiger partial charge in [-0.05, 0) is 73.2 Å². The second-order valence-electron chi connectivity index (χ2n) is 9.90. The van der Waals surface area contributed by atoms with Gasteiger partial charge in [0.05, 0.1) is 46.0 Å². The van der Waals surface area contributed by atoms with Gasteiger partial charge in [0.25, 0.3) is 5.91 Å². The molecule has 2 saturated carbocycles. The molecule has 1 saturated heterocycles. The molecule has 2 bridgehead atoms. The molecule has 2 aromatic carbocycles. The molecule has 9 nitrogen and oxygen atoms in total. The number of esters is 2. The fraction of sp³-hybridized carbons (Fsp3) is 0.393. The van der Waals surface area contributed by atoms with Gasteiger partial charge in [0.2, 0.25) is 11.8 Å². The van der Waals surface area contributed by atoms with Gasteiger partial charge in [0.15, 0.2) is 6.61 Å². The topological polar surface area (TPSA) is 119 Å². The van der Waals surface area contributed by atoms with Gasteiger partial charge in [-0.1, -0.05) is 6.92 Å². The van der Waals surface area contributed by atoms with Gasteiger partial charge in [-0.15, -0.1) is 23.2 Å². The number of halogens is 2. The highest BCUT2D eigenvalue weighted by molar-refractivity contribution is 6.32. The van der Waals surface area contributed by atoms with Crippen LogP contribution >= 0.6 is 23.2 Å². The molecule has 3 amide bonds. The predicted octanol–water partition coefficient (Wildman–Crippen LogP) is 4.02. The molecule has 204 valence electrons. The molecule has 5 rings (SSSR count). The summed E-state index contributed by atoms with van der Waals surface area (Å²) in [5.74, 6) is -3.49.